The van der Waals surface area contributed by atoms with Crippen LogP contribution in [-0.4, -0.2) is 63.5 Å². The fraction of sp³-hybridized carbons (Fsp3) is 0.200. The van der Waals surface area contributed by atoms with Gasteiger partial charge in [0.2, 0.25) is 5.95 Å². The average Bonchev–Trinajstić information content (AvgIpc) is 3.27. The van der Waals surface area contributed by atoms with Crippen LogP contribution in [0.2, 0.25) is 0 Å². The molecule has 14 heteroatoms. The van der Waals surface area contributed by atoms with Crippen molar-refractivity contribution in [3.63, 3.8) is 0 Å². The Hall–Kier alpha value is -4.88. The average molecular weight is 544 g/mol. The van der Waals surface area contributed by atoms with Crippen LogP contribution < -0.4 is 20.5 Å². The number of halogens is 4. The number of pyridine rings is 1. The van der Waals surface area contributed by atoms with Gasteiger partial charge in [-0.05, 0) is 48.0 Å². The molecule has 2 amide bonds. The van der Waals surface area contributed by atoms with Gasteiger partial charge in [-0.1, -0.05) is 12.1 Å². The maximum absolute atomic E-state index is 13.2. The first-order chi connectivity index (χ1) is 18.5. The van der Waals surface area contributed by atoms with Crippen molar-refractivity contribution in [2.75, 3.05) is 25.0 Å². The van der Waals surface area contributed by atoms with Crippen LogP contribution in [-0.2, 0) is 0 Å². The van der Waals surface area contributed by atoms with E-state index in [9.17, 15) is 27.2 Å². The Morgan fingerprint density at radius 3 is 2.44 bits per heavy atom. The molecule has 0 saturated carbocycles. The number of amides is 2. The van der Waals surface area contributed by atoms with E-state index in [2.05, 4.69) is 15.4 Å². The number of fused-ring (bicyclic) bond motifs is 1. The molecular weight excluding hydrogens is 524 g/mol. The highest BCUT2D eigenvalue weighted by molar-refractivity contribution is 5.96. The Morgan fingerprint density at radius 2 is 1.77 bits per heavy atom. The molecule has 3 heterocycles. The number of rotatable bonds is 7. The lowest BCUT2D eigenvalue weighted by molar-refractivity contribution is -0.153. The maximum Gasteiger partial charge on any atom is 0.422 e. The zero-order chi connectivity index (χ0) is 27.7. The number of alkyl halides is 4. The van der Waals surface area contributed by atoms with Gasteiger partial charge in [0, 0.05) is 17.3 Å². The summed E-state index contributed by atoms with van der Waals surface area (Å²) in [5.41, 5.74) is 7.15. The number of ether oxygens (including phenoxy) is 2. The summed E-state index contributed by atoms with van der Waals surface area (Å²) < 4.78 is 63.0. The smallest absolute Gasteiger partial charge is 0.422 e. The predicted octanol–water partition coefficient (Wildman–Crippen LogP) is 4.33. The monoisotopic (exact) mass is 544 g/mol. The molecule has 0 aliphatic carbocycles. The molecule has 1 aliphatic rings. The molecule has 1 fully saturated rings. The number of carbonyl (C=O) groups is 2. The zero-order valence-corrected chi connectivity index (χ0v) is 20.0. The lowest BCUT2D eigenvalue weighted by Gasteiger charge is -2.34. The number of nitrogens with zero attached hydrogens (tertiary/aromatic N) is 4. The van der Waals surface area contributed by atoms with Crippen LogP contribution in [0.4, 0.5) is 34.0 Å². The van der Waals surface area contributed by atoms with Gasteiger partial charge < -0.3 is 25.4 Å². The van der Waals surface area contributed by atoms with E-state index in [0.717, 1.165) is 11.1 Å². The molecular formula is C25H20F4N6O4. The van der Waals surface area contributed by atoms with E-state index in [4.69, 9.17) is 15.2 Å². The third-order valence-corrected chi connectivity index (χ3v) is 5.73. The highest BCUT2D eigenvalue weighted by atomic mass is 19.4. The van der Waals surface area contributed by atoms with Gasteiger partial charge in [0.25, 0.3) is 5.91 Å². The van der Waals surface area contributed by atoms with Crippen molar-refractivity contribution in [1.82, 2.24) is 19.5 Å². The van der Waals surface area contributed by atoms with Crippen molar-refractivity contribution in [3.8, 4) is 22.6 Å². The second-order valence-corrected chi connectivity index (χ2v) is 8.65. The SMILES string of the molecule is NC(=O)Oc1ccc(-c2ccc3nc(Nc4ccc(C(=O)N5CC(F)C5)cc4OCC(F)(F)F)nn3c2)cc1. The molecule has 10 nitrogen and oxygen atoms in total. The fourth-order valence-corrected chi connectivity index (χ4v) is 3.87. The van der Waals surface area contributed by atoms with E-state index in [1.54, 1.807) is 42.6 Å². The summed E-state index contributed by atoms with van der Waals surface area (Å²) in [5, 5.41) is 7.16. The quantitative estimate of drug-likeness (QED) is 0.332. The van der Waals surface area contributed by atoms with E-state index in [0.29, 0.717) is 5.65 Å². The second-order valence-electron chi connectivity index (χ2n) is 8.65. The first kappa shape index (κ1) is 25.8. The Balaban J connectivity index is 1.38. The molecule has 2 aromatic carbocycles. The van der Waals surface area contributed by atoms with Crippen LogP contribution in [0, 0.1) is 0 Å². The number of hydrogen-bond acceptors (Lipinski definition) is 7. The summed E-state index contributed by atoms with van der Waals surface area (Å²) in [4.78, 5) is 29.0. The van der Waals surface area contributed by atoms with Crippen LogP contribution >= 0.6 is 0 Å². The Morgan fingerprint density at radius 1 is 1.05 bits per heavy atom. The Labute approximate surface area is 217 Å². The van der Waals surface area contributed by atoms with Crippen LogP contribution in [0.25, 0.3) is 16.8 Å². The summed E-state index contributed by atoms with van der Waals surface area (Å²) in [6.07, 6.45) is -4.97. The minimum atomic E-state index is -4.61. The molecule has 0 unspecified atom stereocenters. The molecule has 3 N–H and O–H groups in total. The normalized spacial score (nSPS) is 13.7. The standard InChI is InChI=1S/C25H20F4N6O4/c26-17-11-34(12-17)22(36)15-3-7-19(20(9-15)38-13-25(27,28)29)31-24-32-21-8-4-16(10-35(21)33-24)14-1-5-18(6-2-14)39-23(30)37/h1-10,17H,11-13H2,(H2,30,37)(H,31,33). The molecule has 0 bridgehead atoms. The molecule has 0 spiro atoms. The van der Waals surface area contributed by atoms with Gasteiger partial charge in [-0.15, -0.1) is 5.10 Å². The van der Waals surface area contributed by atoms with Crippen molar-refractivity contribution in [3.05, 3.63) is 66.4 Å². The molecule has 4 aromatic rings. The Bertz CT molecular complexity index is 1530. The minimum absolute atomic E-state index is 0.0597. The summed E-state index contributed by atoms with van der Waals surface area (Å²) in [5.74, 6) is -0.406. The van der Waals surface area contributed by atoms with Crippen molar-refractivity contribution < 1.29 is 36.6 Å². The third-order valence-electron chi connectivity index (χ3n) is 5.73. The van der Waals surface area contributed by atoms with E-state index in [1.807, 2.05) is 0 Å². The molecule has 0 radical (unpaired) electrons. The molecule has 2 aromatic heterocycles. The number of nitrogens with two attached hydrogens (primary N) is 1. The molecule has 39 heavy (non-hydrogen) atoms. The van der Waals surface area contributed by atoms with Crippen molar-refractivity contribution >= 4 is 29.3 Å². The molecule has 1 aliphatic heterocycles. The first-order valence-corrected chi connectivity index (χ1v) is 11.5. The van der Waals surface area contributed by atoms with E-state index in [-0.39, 0.29) is 41.8 Å². The van der Waals surface area contributed by atoms with Crippen molar-refractivity contribution in [2.45, 2.75) is 12.3 Å². The number of primary amides is 1. The summed E-state index contributed by atoms with van der Waals surface area (Å²) in [6, 6.07) is 14.0. The number of benzene rings is 2. The summed E-state index contributed by atoms with van der Waals surface area (Å²) in [6.45, 7) is -1.73. The summed E-state index contributed by atoms with van der Waals surface area (Å²) >= 11 is 0. The highest BCUT2D eigenvalue weighted by Gasteiger charge is 2.32. The maximum atomic E-state index is 13.2. The van der Waals surface area contributed by atoms with Crippen LogP contribution in [0.1, 0.15) is 10.4 Å². The number of likely N-dealkylation sites (tertiary alicyclic amines) is 1. The topological polar surface area (TPSA) is 124 Å². The van der Waals surface area contributed by atoms with Gasteiger partial charge >= 0.3 is 12.3 Å². The van der Waals surface area contributed by atoms with E-state index < -0.39 is 31.0 Å². The summed E-state index contributed by atoms with van der Waals surface area (Å²) in [7, 11) is 0. The van der Waals surface area contributed by atoms with Gasteiger partial charge in [-0.3, -0.25) is 4.79 Å². The first-order valence-electron chi connectivity index (χ1n) is 11.5. The number of hydrogen-bond donors (Lipinski definition) is 2. The van der Waals surface area contributed by atoms with Crippen molar-refractivity contribution in [1.29, 1.82) is 0 Å². The van der Waals surface area contributed by atoms with Gasteiger partial charge in [-0.25, -0.2) is 13.7 Å². The van der Waals surface area contributed by atoms with Gasteiger partial charge in [-0.2, -0.15) is 18.2 Å². The Kier molecular flexibility index (Phi) is 6.68. The molecule has 202 valence electrons. The number of nitrogens with one attached hydrogen (secondary N) is 1. The van der Waals surface area contributed by atoms with E-state index >= 15 is 0 Å². The molecule has 1 saturated heterocycles. The minimum Gasteiger partial charge on any atom is -0.482 e. The van der Waals surface area contributed by atoms with Crippen LogP contribution in [0.5, 0.6) is 11.5 Å². The lowest BCUT2D eigenvalue weighted by Crippen LogP contribution is -2.51. The second kappa shape index (κ2) is 10.1. The predicted molar refractivity (Wildman–Crippen MR) is 131 cm³/mol. The van der Waals surface area contributed by atoms with Gasteiger partial charge in [0.05, 0.1) is 18.8 Å². The lowest BCUT2D eigenvalue weighted by atomic mass is 10.1. The fourth-order valence-electron chi connectivity index (χ4n) is 3.87. The van der Waals surface area contributed by atoms with Gasteiger partial charge in [0.1, 0.15) is 17.7 Å². The zero-order valence-electron chi connectivity index (χ0n) is 20.0. The van der Waals surface area contributed by atoms with Crippen LogP contribution in [0.15, 0.2) is 60.8 Å². The number of anilines is 2. The van der Waals surface area contributed by atoms with Crippen LogP contribution in [0.3, 0.4) is 0 Å². The molecule has 5 rings (SSSR count). The van der Waals surface area contributed by atoms with Crippen molar-refractivity contribution in [2.24, 2.45) is 5.73 Å². The number of aromatic nitrogens is 3. The van der Waals surface area contributed by atoms with Gasteiger partial charge in [0.15, 0.2) is 12.3 Å². The van der Waals surface area contributed by atoms with E-state index in [1.165, 1.54) is 27.6 Å². The number of carbonyl (C=O) groups excluding carboxylic acids is 2. The third kappa shape index (κ3) is 6.00. The molecule has 0 atom stereocenters. The largest absolute Gasteiger partial charge is 0.482 e. The highest BCUT2D eigenvalue weighted by Crippen LogP contribution is 2.31.